The number of hydrogen-bond acceptors (Lipinski definition) is 4. The van der Waals surface area contributed by atoms with Gasteiger partial charge in [0.25, 0.3) is 0 Å². The maximum atomic E-state index is 12.6. The molecule has 2 saturated heterocycles. The van der Waals surface area contributed by atoms with Crippen LogP contribution in [0.5, 0.6) is 0 Å². The fraction of sp³-hybridized carbons (Fsp3) is 0.562. The molecule has 3 rings (SSSR count). The van der Waals surface area contributed by atoms with Gasteiger partial charge in [-0.15, -0.1) is 0 Å². The number of nitrogens with zero attached hydrogens (tertiary/aromatic N) is 1. The highest BCUT2D eigenvalue weighted by molar-refractivity contribution is 7.89. The van der Waals surface area contributed by atoms with Gasteiger partial charge in [0.05, 0.1) is 4.90 Å². The van der Waals surface area contributed by atoms with Crippen LogP contribution in [0.4, 0.5) is 10.5 Å². The zero-order chi connectivity index (χ0) is 17.0. The van der Waals surface area contributed by atoms with E-state index in [-0.39, 0.29) is 17.0 Å². The summed E-state index contributed by atoms with van der Waals surface area (Å²) in [6.07, 6.45) is 3.36. The molecular weight excluding hydrogens is 330 g/mol. The van der Waals surface area contributed by atoms with E-state index in [0.29, 0.717) is 32.0 Å². The molecule has 8 heteroatoms. The number of benzene rings is 1. The Hall–Kier alpha value is -1.64. The summed E-state index contributed by atoms with van der Waals surface area (Å²) < 4.78 is 31.9. The van der Waals surface area contributed by atoms with E-state index in [9.17, 15) is 13.2 Å². The van der Waals surface area contributed by atoms with Crippen molar-refractivity contribution in [1.29, 1.82) is 0 Å². The number of nitrogens with one attached hydrogen (secondary N) is 2. The lowest BCUT2D eigenvalue weighted by Gasteiger charge is -2.23. The Morgan fingerprint density at radius 2 is 1.88 bits per heavy atom. The van der Waals surface area contributed by atoms with Crippen molar-refractivity contribution in [3.8, 4) is 0 Å². The molecule has 2 aliphatic rings. The Bertz CT molecular complexity index is 680. The number of rotatable bonds is 4. The lowest BCUT2D eigenvalue weighted by molar-refractivity contribution is 0.0806. The first-order valence-corrected chi connectivity index (χ1v) is 9.75. The summed E-state index contributed by atoms with van der Waals surface area (Å²) in [5, 5.41) is 5.61. The van der Waals surface area contributed by atoms with E-state index in [4.69, 9.17) is 4.74 Å². The molecule has 1 aromatic rings. The van der Waals surface area contributed by atoms with Crippen molar-refractivity contribution in [3.63, 3.8) is 0 Å². The van der Waals surface area contributed by atoms with Crippen molar-refractivity contribution in [2.45, 2.75) is 36.6 Å². The molecule has 2 heterocycles. The van der Waals surface area contributed by atoms with Gasteiger partial charge in [-0.25, -0.2) is 13.2 Å². The number of sulfonamides is 1. The van der Waals surface area contributed by atoms with E-state index in [2.05, 4.69) is 10.6 Å². The van der Waals surface area contributed by atoms with Gasteiger partial charge in [0, 0.05) is 38.0 Å². The van der Waals surface area contributed by atoms with Crippen LogP contribution in [0.1, 0.15) is 25.7 Å². The van der Waals surface area contributed by atoms with Crippen LogP contribution in [0.15, 0.2) is 29.2 Å². The summed E-state index contributed by atoms with van der Waals surface area (Å²) in [4.78, 5) is 12.3. The Kier molecular flexibility index (Phi) is 5.37. The van der Waals surface area contributed by atoms with Gasteiger partial charge in [-0.2, -0.15) is 4.31 Å². The van der Waals surface area contributed by atoms with Gasteiger partial charge in [0.15, 0.2) is 0 Å². The fourth-order valence-corrected chi connectivity index (χ4v) is 4.57. The van der Waals surface area contributed by atoms with Gasteiger partial charge in [0.1, 0.15) is 0 Å². The monoisotopic (exact) mass is 353 g/mol. The average molecular weight is 353 g/mol. The number of amides is 2. The topological polar surface area (TPSA) is 87.7 Å². The molecule has 0 atom stereocenters. The summed E-state index contributed by atoms with van der Waals surface area (Å²) in [6.45, 7) is 2.41. The van der Waals surface area contributed by atoms with Crippen LogP contribution in [0, 0.1) is 0 Å². The van der Waals surface area contributed by atoms with Crippen molar-refractivity contribution in [3.05, 3.63) is 24.3 Å². The highest BCUT2D eigenvalue weighted by Gasteiger charge is 2.27. The molecule has 0 saturated carbocycles. The predicted molar refractivity (Wildman–Crippen MR) is 90.4 cm³/mol. The summed E-state index contributed by atoms with van der Waals surface area (Å²) >= 11 is 0. The Morgan fingerprint density at radius 1 is 1.17 bits per heavy atom. The zero-order valence-corrected chi connectivity index (χ0v) is 14.3. The third-order valence-corrected chi connectivity index (χ3v) is 6.25. The van der Waals surface area contributed by atoms with Crippen LogP contribution in [-0.2, 0) is 14.8 Å². The second kappa shape index (κ2) is 7.50. The average Bonchev–Trinajstić information content (AvgIpc) is 3.11. The molecule has 0 aromatic heterocycles. The third-order valence-electron chi connectivity index (χ3n) is 4.35. The molecule has 0 radical (unpaired) electrons. The molecule has 24 heavy (non-hydrogen) atoms. The maximum absolute atomic E-state index is 12.6. The van der Waals surface area contributed by atoms with Crippen molar-refractivity contribution in [2.75, 3.05) is 31.6 Å². The SMILES string of the molecule is O=C(Nc1cccc(S(=O)(=O)N2CCCC2)c1)NC1CCOCC1. The molecule has 132 valence electrons. The van der Waals surface area contributed by atoms with Crippen LogP contribution < -0.4 is 10.6 Å². The van der Waals surface area contributed by atoms with Crippen LogP contribution in [0.2, 0.25) is 0 Å². The van der Waals surface area contributed by atoms with E-state index in [1.807, 2.05) is 0 Å². The fourth-order valence-electron chi connectivity index (χ4n) is 3.01. The largest absolute Gasteiger partial charge is 0.381 e. The first kappa shape index (κ1) is 17.2. The van der Waals surface area contributed by atoms with E-state index in [1.165, 1.54) is 10.4 Å². The van der Waals surface area contributed by atoms with Crippen LogP contribution in [-0.4, -0.2) is 51.1 Å². The number of ether oxygens (including phenoxy) is 1. The second-order valence-corrected chi connectivity index (χ2v) is 8.06. The Balaban J connectivity index is 1.65. The first-order chi connectivity index (χ1) is 11.6. The van der Waals surface area contributed by atoms with Crippen molar-refractivity contribution >= 4 is 21.7 Å². The van der Waals surface area contributed by atoms with E-state index in [1.54, 1.807) is 18.2 Å². The number of anilines is 1. The predicted octanol–water partition coefficient (Wildman–Crippen LogP) is 1.77. The molecule has 2 fully saturated rings. The van der Waals surface area contributed by atoms with Crippen molar-refractivity contribution in [2.24, 2.45) is 0 Å². The number of urea groups is 1. The molecule has 0 spiro atoms. The van der Waals surface area contributed by atoms with E-state index < -0.39 is 10.0 Å². The van der Waals surface area contributed by atoms with Crippen LogP contribution in [0.25, 0.3) is 0 Å². The highest BCUT2D eigenvalue weighted by Crippen LogP contribution is 2.23. The van der Waals surface area contributed by atoms with Gasteiger partial charge >= 0.3 is 6.03 Å². The minimum atomic E-state index is -3.48. The number of carbonyl (C=O) groups excluding carboxylic acids is 1. The minimum Gasteiger partial charge on any atom is -0.381 e. The Morgan fingerprint density at radius 3 is 2.58 bits per heavy atom. The number of hydrogen-bond donors (Lipinski definition) is 2. The standard InChI is InChI=1S/C16H23N3O4S/c20-16(17-13-6-10-23-11-7-13)18-14-4-3-5-15(12-14)24(21,22)19-8-1-2-9-19/h3-5,12-13H,1-2,6-11H2,(H2,17,18,20). The van der Waals surface area contributed by atoms with Gasteiger partial charge in [-0.3, -0.25) is 0 Å². The van der Waals surface area contributed by atoms with Crippen molar-refractivity contribution < 1.29 is 17.9 Å². The van der Waals surface area contributed by atoms with Gasteiger partial charge in [-0.1, -0.05) is 6.07 Å². The lowest BCUT2D eigenvalue weighted by atomic mass is 10.1. The normalized spacial score (nSPS) is 20.0. The third kappa shape index (κ3) is 4.06. The van der Waals surface area contributed by atoms with Crippen LogP contribution in [0.3, 0.4) is 0 Å². The molecule has 0 bridgehead atoms. The summed E-state index contributed by atoms with van der Waals surface area (Å²) in [6, 6.07) is 6.18. The summed E-state index contributed by atoms with van der Waals surface area (Å²) in [5.74, 6) is 0. The van der Waals surface area contributed by atoms with E-state index >= 15 is 0 Å². The number of carbonyl (C=O) groups is 1. The second-order valence-electron chi connectivity index (χ2n) is 6.12. The molecular formula is C16H23N3O4S. The van der Waals surface area contributed by atoms with Crippen molar-refractivity contribution in [1.82, 2.24) is 9.62 Å². The van der Waals surface area contributed by atoms with Gasteiger partial charge < -0.3 is 15.4 Å². The Labute approximate surface area is 142 Å². The lowest BCUT2D eigenvalue weighted by Crippen LogP contribution is -2.41. The smallest absolute Gasteiger partial charge is 0.319 e. The first-order valence-electron chi connectivity index (χ1n) is 8.31. The molecule has 0 unspecified atom stereocenters. The van der Waals surface area contributed by atoms with Gasteiger partial charge in [-0.05, 0) is 43.9 Å². The maximum Gasteiger partial charge on any atom is 0.319 e. The van der Waals surface area contributed by atoms with E-state index in [0.717, 1.165) is 25.7 Å². The molecule has 1 aromatic carbocycles. The quantitative estimate of drug-likeness (QED) is 0.864. The molecule has 2 N–H and O–H groups in total. The molecule has 2 aliphatic heterocycles. The molecule has 2 amide bonds. The molecule has 0 aliphatic carbocycles. The minimum absolute atomic E-state index is 0.0928. The summed E-state index contributed by atoms with van der Waals surface area (Å²) in [7, 11) is -3.48. The van der Waals surface area contributed by atoms with Crippen LogP contribution >= 0.6 is 0 Å². The summed E-state index contributed by atoms with van der Waals surface area (Å²) in [5.41, 5.74) is 0.472. The highest BCUT2D eigenvalue weighted by atomic mass is 32.2. The van der Waals surface area contributed by atoms with Gasteiger partial charge in [0.2, 0.25) is 10.0 Å². The molecule has 7 nitrogen and oxygen atoms in total. The zero-order valence-electron chi connectivity index (χ0n) is 13.5.